The van der Waals surface area contributed by atoms with Crippen molar-refractivity contribution in [2.75, 3.05) is 5.32 Å². The number of H-pyrrole nitrogens is 2. The van der Waals surface area contributed by atoms with Gasteiger partial charge in [-0.25, -0.2) is 9.97 Å². The van der Waals surface area contributed by atoms with Crippen molar-refractivity contribution in [1.82, 2.24) is 30.1 Å². The van der Waals surface area contributed by atoms with Crippen LogP contribution >= 0.6 is 11.3 Å². The Morgan fingerprint density at radius 3 is 2.92 bits per heavy atom. The van der Waals surface area contributed by atoms with Crippen LogP contribution in [0.25, 0.3) is 55.8 Å². The molecule has 9 heteroatoms. The summed E-state index contributed by atoms with van der Waals surface area (Å²) in [6, 6.07) is 12.0. The lowest BCUT2D eigenvalue weighted by atomic mass is 10.1. The van der Waals surface area contributed by atoms with Crippen molar-refractivity contribution < 1.29 is 4.79 Å². The molecule has 0 radical (unpaired) electrons. The Balaban J connectivity index is 1.37. The highest BCUT2D eigenvalue weighted by molar-refractivity contribution is 7.08. The van der Waals surface area contributed by atoms with E-state index in [-0.39, 0.29) is 5.91 Å². The summed E-state index contributed by atoms with van der Waals surface area (Å²) in [4.78, 5) is 29.3. The number of aromatic nitrogens is 6. The first-order valence-electron chi connectivity index (χ1n) is 11.8. The van der Waals surface area contributed by atoms with E-state index in [1.54, 1.807) is 23.7 Å². The van der Waals surface area contributed by atoms with E-state index in [0.717, 1.165) is 63.1 Å². The van der Waals surface area contributed by atoms with Crippen LogP contribution in [0.5, 0.6) is 0 Å². The minimum atomic E-state index is -0.00873. The Morgan fingerprint density at radius 2 is 2.06 bits per heavy atom. The third-order valence-electron chi connectivity index (χ3n) is 6.10. The van der Waals surface area contributed by atoms with Crippen molar-refractivity contribution >= 4 is 45.0 Å². The molecule has 0 bridgehead atoms. The van der Waals surface area contributed by atoms with Gasteiger partial charge in [-0.15, -0.1) is 0 Å². The third-order valence-corrected chi connectivity index (χ3v) is 6.79. The highest BCUT2D eigenvalue weighted by atomic mass is 32.1. The van der Waals surface area contributed by atoms with Gasteiger partial charge < -0.3 is 10.3 Å². The second-order valence-corrected chi connectivity index (χ2v) is 9.37. The highest BCUT2D eigenvalue weighted by Gasteiger charge is 2.16. The molecule has 0 aromatic carbocycles. The molecule has 0 atom stereocenters. The first kappa shape index (κ1) is 22.1. The molecule has 0 spiro atoms. The lowest BCUT2D eigenvalue weighted by Crippen LogP contribution is -2.11. The predicted octanol–water partition coefficient (Wildman–Crippen LogP) is 6.42. The predicted molar refractivity (Wildman–Crippen MR) is 144 cm³/mol. The maximum absolute atomic E-state index is 12.2. The molecule has 0 unspecified atom stereocenters. The molecule has 0 fully saturated rings. The monoisotopic (exact) mass is 493 g/mol. The smallest absolute Gasteiger partial charge is 0.224 e. The molecule has 178 valence electrons. The van der Waals surface area contributed by atoms with Gasteiger partial charge in [0.25, 0.3) is 0 Å². The minimum Gasteiger partial charge on any atom is -0.338 e. The van der Waals surface area contributed by atoms with Crippen LogP contribution < -0.4 is 5.32 Å². The number of nitrogens with zero attached hydrogens (tertiary/aromatic N) is 4. The van der Waals surface area contributed by atoms with Gasteiger partial charge in [0.15, 0.2) is 0 Å². The summed E-state index contributed by atoms with van der Waals surface area (Å²) in [5.41, 5.74) is 8.45. The SMILES string of the molecule is CCCCC(=O)Nc1cncc(-c2ccc3[nH]nc(-c4cc5c(-c6ccsc6)ccnc5[nH]4)c3n2)c1. The summed E-state index contributed by atoms with van der Waals surface area (Å²) in [5.74, 6) is -0.00873. The summed E-state index contributed by atoms with van der Waals surface area (Å²) in [5, 5.41) is 15.8. The number of pyridine rings is 3. The van der Waals surface area contributed by atoms with E-state index in [0.29, 0.717) is 12.1 Å². The Hall–Kier alpha value is -4.37. The molecule has 6 aromatic rings. The van der Waals surface area contributed by atoms with Crippen LogP contribution in [0, 0.1) is 0 Å². The average Bonchev–Trinajstić information content (AvgIpc) is 3.66. The number of hydrogen-bond acceptors (Lipinski definition) is 6. The van der Waals surface area contributed by atoms with Gasteiger partial charge >= 0.3 is 0 Å². The van der Waals surface area contributed by atoms with E-state index >= 15 is 0 Å². The molecule has 3 N–H and O–H groups in total. The zero-order chi connectivity index (χ0) is 24.5. The van der Waals surface area contributed by atoms with Crippen LogP contribution in [-0.2, 0) is 4.79 Å². The summed E-state index contributed by atoms with van der Waals surface area (Å²) in [6.45, 7) is 2.07. The number of anilines is 1. The van der Waals surface area contributed by atoms with Gasteiger partial charge in [0.2, 0.25) is 5.91 Å². The van der Waals surface area contributed by atoms with Crippen LogP contribution in [0.2, 0.25) is 0 Å². The number of rotatable bonds is 7. The van der Waals surface area contributed by atoms with E-state index in [2.05, 4.69) is 60.3 Å². The molecule has 36 heavy (non-hydrogen) atoms. The van der Waals surface area contributed by atoms with E-state index in [1.807, 2.05) is 30.5 Å². The number of unbranched alkanes of at least 4 members (excludes halogenated alkanes) is 1. The topological polar surface area (TPSA) is 112 Å². The van der Waals surface area contributed by atoms with E-state index in [1.165, 1.54) is 5.56 Å². The molecule has 6 heterocycles. The van der Waals surface area contributed by atoms with Crippen LogP contribution in [-0.4, -0.2) is 36.0 Å². The molecular weight excluding hydrogens is 470 g/mol. The number of hydrogen-bond donors (Lipinski definition) is 3. The fraction of sp³-hybridized carbons (Fsp3) is 0.148. The van der Waals surface area contributed by atoms with Crippen LogP contribution in [0.15, 0.2) is 65.7 Å². The number of carbonyl (C=O) groups excluding carboxylic acids is 1. The van der Waals surface area contributed by atoms with Crippen LogP contribution in [0.1, 0.15) is 26.2 Å². The van der Waals surface area contributed by atoms with Gasteiger partial charge in [0, 0.05) is 29.8 Å². The van der Waals surface area contributed by atoms with Crippen molar-refractivity contribution in [2.45, 2.75) is 26.2 Å². The standard InChI is InChI=1S/C27H23N7OS/c1-2-3-4-24(35)30-18-11-17(13-28-14-18)21-5-6-22-25(31-21)26(34-33-22)23-12-20-19(16-8-10-36-15-16)7-9-29-27(20)32-23/h5-15H,2-4H2,1H3,(H,29,32)(H,30,35)(H,33,34). The van der Waals surface area contributed by atoms with Gasteiger partial charge in [-0.1, -0.05) is 13.3 Å². The Morgan fingerprint density at radius 1 is 1.11 bits per heavy atom. The van der Waals surface area contributed by atoms with Crippen molar-refractivity contribution in [1.29, 1.82) is 0 Å². The number of thiophene rings is 1. The second kappa shape index (κ2) is 9.35. The first-order chi connectivity index (χ1) is 17.7. The normalized spacial score (nSPS) is 11.4. The molecule has 0 saturated carbocycles. The third kappa shape index (κ3) is 4.14. The van der Waals surface area contributed by atoms with Crippen molar-refractivity contribution in [3.05, 3.63) is 65.7 Å². The number of carbonyl (C=O) groups is 1. The van der Waals surface area contributed by atoms with E-state index < -0.39 is 0 Å². The summed E-state index contributed by atoms with van der Waals surface area (Å²) in [6.07, 6.45) is 7.54. The Kier molecular flexibility index (Phi) is 5.74. The van der Waals surface area contributed by atoms with Gasteiger partial charge in [-0.3, -0.25) is 14.9 Å². The molecular formula is C27H23N7OS. The van der Waals surface area contributed by atoms with E-state index in [4.69, 9.17) is 4.98 Å². The average molecular weight is 494 g/mol. The van der Waals surface area contributed by atoms with Crippen molar-refractivity contribution in [3.8, 4) is 33.8 Å². The van der Waals surface area contributed by atoms with Crippen LogP contribution in [0.3, 0.4) is 0 Å². The molecule has 0 saturated heterocycles. The summed E-state index contributed by atoms with van der Waals surface area (Å²) < 4.78 is 0. The second-order valence-electron chi connectivity index (χ2n) is 8.59. The largest absolute Gasteiger partial charge is 0.338 e. The quantitative estimate of drug-likeness (QED) is 0.237. The molecule has 0 aliphatic carbocycles. The van der Waals surface area contributed by atoms with Gasteiger partial charge in [-0.2, -0.15) is 16.4 Å². The fourth-order valence-electron chi connectivity index (χ4n) is 4.28. The summed E-state index contributed by atoms with van der Waals surface area (Å²) in [7, 11) is 0. The van der Waals surface area contributed by atoms with Gasteiger partial charge in [-0.05, 0) is 64.7 Å². The fourth-order valence-corrected chi connectivity index (χ4v) is 4.94. The molecule has 1 amide bonds. The van der Waals surface area contributed by atoms with Crippen LogP contribution in [0.4, 0.5) is 5.69 Å². The van der Waals surface area contributed by atoms with Gasteiger partial charge in [0.05, 0.1) is 28.8 Å². The molecule has 0 aliphatic rings. The number of fused-ring (bicyclic) bond motifs is 2. The Labute approximate surface area is 210 Å². The minimum absolute atomic E-state index is 0.00873. The van der Waals surface area contributed by atoms with Crippen molar-refractivity contribution in [3.63, 3.8) is 0 Å². The summed E-state index contributed by atoms with van der Waals surface area (Å²) >= 11 is 1.67. The number of aromatic amines is 2. The first-order valence-corrected chi connectivity index (χ1v) is 12.7. The zero-order valence-corrected chi connectivity index (χ0v) is 20.4. The molecule has 6 rings (SSSR count). The number of amides is 1. The maximum atomic E-state index is 12.2. The highest BCUT2D eigenvalue weighted by Crippen LogP contribution is 2.34. The lowest BCUT2D eigenvalue weighted by Gasteiger charge is -2.07. The van der Waals surface area contributed by atoms with Gasteiger partial charge in [0.1, 0.15) is 16.9 Å². The molecule has 6 aromatic heterocycles. The molecule has 8 nitrogen and oxygen atoms in total. The Bertz CT molecular complexity index is 1680. The number of nitrogens with one attached hydrogen (secondary N) is 3. The molecule has 0 aliphatic heterocycles. The van der Waals surface area contributed by atoms with E-state index in [9.17, 15) is 4.79 Å². The van der Waals surface area contributed by atoms with Crippen molar-refractivity contribution in [2.24, 2.45) is 0 Å². The lowest BCUT2D eigenvalue weighted by molar-refractivity contribution is -0.116. The zero-order valence-electron chi connectivity index (χ0n) is 19.6. The maximum Gasteiger partial charge on any atom is 0.224 e.